The zero-order valence-corrected chi connectivity index (χ0v) is 40.2. The highest BCUT2D eigenvalue weighted by molar-refractivity contribution is 7.89. The maximum atomic E-state index is 13.0. The number of hydrogen-bond donors (Lipinski definition) is 8. The number of aliphatic hydroxyl groups excluding tert-OH is 6. The maximum Gasteiger partial charge on any atom is 0.220 e. The van der Waals surface area contributed by atoms with Crippen LogP contribution < -0.4 is 10.0 Å². The van der Waals surface area contributed by atoms with Crippen molar-refractivity contribution in [2.75, 3.05) is 25.5 Å². The van der Waals surface area contributed by atoms with E-state index in [-0.39, 0.29) is 24.7 Å². The van der Waals surface area contributed by atoms with Gasteiger partial charge in [-0.15, -0.1) is 0 Å². The van der Waals surface area contributed by atoms with Crippen LogP contribution in [0.5, 0.6) is 0 Å². The number of carbonyl (C=O) groups excluding carboxylic acids is 1. The average molecular weight is 909 g/mol. The number of hydrogen-bond acceptors (Lipinski definition) is 11. The fourth-order valence-electron chi connectivity index (χ4n) is 8.27. The van der Waals surface area contributed by atoms with E-state index in [9.17, 15) is 43.9 Å². The molecule has 0 spiro atoms. The number of ether oxygens (including phenoxy) is 2. The smallest absolute Gasteiger partial charge is 0.220 e. The molecular weight excluding hydrogens is 813 g/mol. The van der Waals surface area contributed by atoms with Gasteiger partial charge in [0.1, 0.15) is 30.5 Å². The minimum Gasteiger partial charge on any atom is -0.394 e. The third kappa shape index (κ3) is 30.3. The van der Waals surface area contributed by atoms with E-state index in [1.807, 2.05) is 0 Å². The van der Waals surface area contributed by atoms with Crippen LogP contribution in [-0.4, -0.2) is 119 Å². The van der Waals surface area contributed by atoms with Crippen LogP contribution in [0.4, 0.5) is 0 Å². The Bertz CT molecular complexity index is 1130. The van der Waals surface area contributed by atoms with E-state index in [1.165, 1.54) is 109 Å². The highest BCUT2D eigenvalue weighted by atomic mass is 32.2. The molecule has 370 valence electrons. The fraction of sp³-hybridized carbons (Fsp3) is 0.979. The number of sulfonamides is 1. The molecule has 0 saturated carbocycles. The van der Waals surface area contributed by atoms with E-state index >= 15 is 0 Å². The summed E-state index contributed by atoms with van der Waals surface area (Å²) in [6.07, 6.45) is 25.3. The van der Waals surface area contributed by atoms with Crippen LogP contribution in [0.1, 0.15) is 226 Å². The fourth-order valence-corrected chi connectivity index (χ4v) is 9.45. The Morgan fingerprint density at radius 1 is 0.597 bits per heavy atom. The summed E-state index contributed by atoms with van der Waals surface area (Å²) in [4.78, 5) is 13.0. The second-order valence-electron chi connectivity index (χ2n) is 18.3. The summed E-state index contributed by atoms with van der Waals surface area (Å²) >= 11 is 0. The normalized spacial score (nSPS) is 20.9. The largest absolute Gasteiger partial charge is 0.394 e. The number of nitrogens with one attached hydrogen (secondary N) is 2. The summed E-state index contributed by atoms with van der Waals surface area (Å²) in [5, 5.41) is 65.2. The first-order valence-corrected chi connectivity index (χ1v) is 27.2. The summed E-state index contributed by atoms with van der Waals surface area (Å²) in [5.74, 6) is -0.122. The van der Waals surface area contributed by atoms with Gasteiger partial charge < -0.3 is 45.4 Å². The standard InChI is InChI=1S/C48H96N2O11S/c1-3-5-7-9-11-13-15-17-19-22-26-30-34-41(52)44(54)40(39-60-48-47(57)46(56)45(55)42(38-51)61-48)50-43(53)35-31-27-23-21-24-28-32-36-49-62(58,59)37-33-29-25-20-18-16-14-12-10-8-6-4-2/h40-42,44-49,51-52,54-57H,3-39H2,1-2H3,(H,50,53)/t40-,41+,42+,44-,45-,46-,47+,48-/m0/s1. The van der Waals surface area contributed by atoms with Crippen molar-refractivity contribution in [2.45, 2.75) is 275 Å². The average Bonchev–Trinajstić information content (AvgIpc) is 3.25. The molecule has 1 amide bonds. The molecule has 13 nitrogen and oxygen atoms in total. The lowest BCUT2D eigenvalue weighted by Gasteiger charge is -2.40. The third-order valence-electron chi connectivity index (χ3n) is 12.5. The van der Waals surface area contributed by atoms with Gasteiger partial charge in [-0.25, -0.2) is 13.1 Å². The van der Waals surface area contributed by atoms with Crippen molar-refractivity contribution < 1.29 is 53.3 Å². The summed E-state index contributed by atoms with van der Waals surface area (Å²) in [6, 6.07) is -1.04. The molecule has 1 aliphatic rings. The molecule has 8 atom stereocenters. The predicted octanol–water partition coefficient (Wildman–Crippen LogP) is 7.84. The van der Waals surface area contributed by atoms with E-state index in [4.69, 9.17) is 9.47 Å². The Morgan fingerprint density at radius 2 is 1.03 bits per heavy atom. The molecule has 0 aliphatic carbocycles. The highest BCUT2D eigenvalue weighted by Crippen LogP contribution is 2.23. The molecule has 1 fully saturated rings. The molecule has 1 saturated heterocycles. The quantitative estimate of drug-likeness (QED) is 0.0276. The predicted molar refractivity (Wildman–Crippen MR) is 249 cm³/mol. The Labute approximate surface area is 378 Å². The SMILES string of the molecule is CCCCCCCCCCCCCC[C@@H](O)[C@@H](O)[C@H](CO[C@H]1O[C@H](CO)[C@H](O)[C@H](O)[C@H]1O)NC(=O)CCCCCCCCCNS(=O)(=O)CCCCCCCCCCCCCC. The molecule has 14 heteroatoms. The van der Waals surface area contributed by atoms with Gasteiger partial charge in [-0.2, -0.15) is 0 Å². The first kappa shape index (κ1) is 59.1. The Hall–Kier alpha value is -0.940. The number of carbonyl (C=O) groups is 1. The van der Waals surface area contributed by atoms with Crippen LogP contribution in [-0.2, 0) is 24.3 Å². The van der Waals surface area contributed by atoms with Gasteiger partial charge in [0, 0.05) is 13.0 Å². The van der Waals surface area contributed by atoms with Gasteiger partial charge >= 0.3 is 0 Å². The Balaban J connectivity index is 2.33. The number of unbranched alkanes of at least 4 members (excludes halogenated alkanes) is 28. The van der Waals surface area contributed by atoms with E-state index in [0.29, 0.717) is 25.8 Å². The summed E-state index contributed by atoms with van der Waals surface area (Å²) in [5.41, 5.74) is 0. The number of rotatable bonds is 44. The van der Waals surface area contributed by atoms with E-state index in [2.05, 4.69) is 23.9 Å². The topological polar surface area (TPSA) is 215 Å². The molecule has 1 rings (SSSR count). The highest BCUT2D eigenvalue weighted by Gasteiger charge is 2.44. The Morgan fingerprint density at radius 3 is 1.52 bits per heavy atom. The van der Waals surface area contributed by atoms with E-state index in [1.54, 1.807) is 0 Å². The molecule has 0 bridgehead atoms. The van der Waals surface area contributed by atoms with Crippen molar-refractivity contribution >= 4 is 15.9 Å². The number of aliphatic hydroxyl groups is 6. The number of amides is 1. The van der Waals surface area contributed by atoms with Gasteiger partial charge in [0.2, 0.25) is 15.9 Å². The maximum absolute atomic E-state index is 13.0. The van der Waals surface area contributed by atoms with Gasteiger partial charge in [0.05, 0.1) is 31.1 Å². The van der Waals surface area contributed by atoms with Crippen molar-refractivity contribution in [1.82, 2.24) is 10.0 Å². The van der Waals surface area contributed by atoms with Crippen LogP contribution >= 0.6 is 0 Å². The molecule has 0 aromatic carbocycles. The van der Waals surface area contributed by atoms with Crippen molar-refractivity contribution in [3.63, 3.8) is 0 Å². The van der Waals surface area contributed by atoms with Crippen LogP contribution in [0.25, 0.3) is 0 Å². The van der Waals surface area contributed by atoms with Crippen LogP contribution in [0, 0.1) is 0 Å². The lowest BCUT2D eigenvalue weighted by Crippen LogP contribution is -2.60. The molecule has 0 aromatic rings. The second kappa shape index (κ2) is 39.2. The van der Waals surface area contributed by atoms with E-state index < -0.39 is 65.6 Å². The van der Waals surface area contributed by atoms with Gasteiger partial charge in [0.25, 0.3) is 0 Å². The zero-order chi connectivity index (χ0) is 45.7. The van der Waals surface area contributed by atoms with Crippen LogP contribution in [0.2, 0.25) is 0 Å². The molecular formula is C48H96N2O11S. The molecule has 0 aromatic heterocycles. The zero-order valence-electron chi connectivity index (χ0n) is 39.4. The second-order valence-corrected chi connectivity index (χ2v) is 20.2. The first-order valence-electron chi connectivity index (χ1n) is 25.5. The molecule has 8 N–H and O–H groups in total. The van der Waals surface area contributed by atoms with Crippen LogP contribution in [0.15, 0.2) is 0 Å². The van der Waals surface area contributed by atoms with Gasteiger partial charge in [-0.05, 0) is 25.7 Å². The van der Waals surface area contributed by atoms with Gasteiger partial charge in [-0.3, -0.25) is 4.79 Å². The molecule has 0 radical (unpaired) electrons. The van der Waals surface area contributed by atoms with Crippen LogP contribution in [0.3, 0.4) is 0 Å². The minimum absolute atomic E-state index is 0.197. The van der Waals surface area contributed by atoms with Crippen molar-refractivity contribution in [2.24, 2.45) is 0 Å². The van der Waals surface area contributed by atoms with Crippen molar-refractivity contribution in [3.8, 4) is 0 Å². The lowest BCUT2D eigenvalue weighted by molar-refractivity contribution is -0.303. The summed E-state index contributed by atoms with van der Waals surface area (Å²) in [7, 11) is -3.23. The molecule has 62 heavy (non-hydrogen) atoms. The summed E-state index contributed by atoms with van der Waals surface area (Å²) < 4.78 is 38.7. The van der Waals surface area contributed by atoms with Gasteiger partial charge in [-0.1, -0.05) is 194 Å². The van der Waals surface area contributed by atoms with Crippen molar-refractivity contribution in [1.29, 1.82) is 0 Å². The summed E-state index contributed by atoms with van der Waals surface area (Å²) in [6.45, 7) is 3.97. The molecule has 1 aliphatic heterocycles. The van der Waals surface area contributed by atoms with Crippen molar-refractivity contribution in [3.05, 3.63) is 0 Å². The third-order valence-corrected chi connectivity index (χ3v) is 13.9. The lowest BCUT2D eigenvalue weighted by atomic mass is 9.98. The monoisotopic (exact) mass is 909 g/mol. The minimum atomic E-state index is -3.23. The van der Waals surface area contributed by atoms with E-state index in [0.717, 1.165) is 77.0 Å². The van der Waals surface area contributed by atoms with Gasteiger partial charge in [0.15, 0.2) is 6.29 Å². The first-order chi connectivity index (χ1) is 30.0. The molecule has 1 heterocycles. The molecule has 0 unspecified atom stereocenters. The Kier molecular flexibility index (Phi) is 37.4.